The number of nitro groups is 1. The minimum Gasteiger partial charge on any atom is -0.298 e. The number of hydrazine groups is 1. The minimum atomic E-state index is -0.506. The molecule has 0 aliphatic heterocycles. The number of benzene rings is 1. The SMILES string of the molecule is O=C(/C=C/c1ccc([N+](=O)[O-])cc1)NC(=S)NNC(=O)Cc1cccs1. The molecule has 0 aliphatic rings. The van der Waals surface area contributed by atoms with Crippen LogP contribution in [0.25, 0.3) is 6.08 Å². The van der Waals surface area contributed by atoms with Crippen LogP contribution in [-0.2, 0) is 16.0 Å². The summed E-state index contributed by atoms with van der Waals surface area (Å²) in [6, 6.07) is 9.41. The van der Waals surface area contributed by atoms with Crippen LogP contribution in [-0.4, -0.2) is 21.9 Å². The second kappa shape index (κ2) is 9.39. The highest BCUT2D eigenvalue weighted by Crippen LogP contribution is 2.12. The number of non-ortho nitro benzene ring substituents is 1. The summed E-state index contributed by atoms with van der Waals surface area (Å²) in [6.45, 7) is 0. The maximum Gasteiger partial charge on any atom is 0.269 e. The number of carbonyl (C=O) groups is 2. The number of nitrogens with zero attached hydrogens (tertiary/aromatic N) is 1. The van der Waals surface area contributed by atoms with Gasteiger partial charge in [0.2, 0.25) is 11.8 Å². The molecule has 8 nitrogen and oxygen atoms in total. The Labute approximate surface area is 158 Å². The summed E-state index contributed by atoms with van der Waals surface area (Å²) < 4.78 is 0. The predicted molar refractivity (Wildman–Crippen MR) is 102 cm³/mol. The maximum atomic E-state index is 11.8. The molecule has 2 aromatic rings. The van der Waals surface area contributed by atoms with Gasteiger partial charge in [-0.2, -0.15) is 0 Å². The largest absolute Gasteiger partial charge is 0.298 e. The van der Waals surface area contributed by atoms with Crippen LogP contribution in [0.3, 0.4) is 0 Å². The van der Waals surface area contributed by atoms with Crippen molar-refractivity contribution < 1.29 is 14.5 Å². The molecule has 0 fully saturated rings. The topological polar surface area (TPSA) is 113 Å². The summed E-state index contributed by atoms with van der Waals surface area (Å²) in [5.74, 6) is -0.793. The highest BCUT2D eigenvalue weighted by Gasteiger charge is 2.06. The molecule has 10 heteroatoms. The van der Waals surface area contributed by atoms with E-state index in [2.05, 4.69) is 16.2 Å². The molecule has 0 saturated heterocycles. The average Bonchev–Trinajstić information content (AvgIpc) is 3.11. The monoisotopic (exact) mass is 390 g/mol. The first-order chi connectivity index (χ1) is 12.4. The van der Waals surface area contributed by atoms with Gasteiger partial charge in [-0.3, -0.25) is 35.9 Å². The molecule has 2 rings (SSSR count). The molecule has 0 radical (unpaired) electrons. The lowest BCUT2D eigenvalue weighted by Gasteiger charge is -2.09. The second-order valence-corrected chi connectivity index (χ2v) is 6.37. The van der Waals surface area contributed by atoms with E-state index < -0.39 is 10.8 Å². The first-order valence-corrected chi connectivity index (χ1v) is 8.57. The van der Waals surface area contributed by atoms with Gasteiger partial charge in [-0.05, 0) is 47.4 Å². The Balaban J connectivity index is 1.75. The van der Waals surface area contributed by atoms with Crippen molar-refractivity contribution in [1.82, 2.24) is 16.2 Å². The molecule has 0 saturated carbocycles. The van der Waals surface area contributed by atoms with Crippen molar-refractivity contribution in [3.8, 4) is 0 Å². The zero-order valence-corrected chi connectivity index (χ0v) is 14.9. The molecule has 1 aromatic carbocycles. The number of amides is 2. The molecule has 26 heavy (non-hydrogen) atoms. The van der Waals surface area contributed by atoms with Crippen LogP contribution < -0.4 is 16.2 Å². The molecular formula is C16H14N4O4S2. The van der Waals surface area contributed by atoms with Gasteiger partial charge in [-0.15, -0.1) is 11.3 Å². The molecule has 0 bridgehead atoms. The molecule has 134 valence electrons. The minimum absolute atomic E-state index is 0.0322. The van der Waals surface area contributed by atoms with Crippen molar-refractivity contribution in [3.63, 3.8) is 0 Å². The van der Waals surface area contributed by atoms with E-state index >= 15 is 0 Å². The number of carbonyl (C=O) groups excluding carboxylic acids is 2. The molecule has 0 unspecified atom stereocenters. The van der Waals surface area contributed by atoms with Crippen molar-refractivity contribution in [2.24, 2.45) is 0 Å². The third-order valence-electron chi connectivity index (χ3n) is 3.00. The number of hydrogen-bond acceptors (Lipinski definition) is 6. The first-order valence-electron chi connectivity index (χ1n) is 7.29. The van der Waals surface area contributed by atoms with E-state index in [1.807, 2.05) is 17.5 Å². The van der Waals surface area contributed by atoms with Crippen LogP contribution in [0.15, 0.2) is 47.9 Å². The van der Waals surface area contributed by atoms with E-state index in [-0.39, 0.29) is 23.1 Å². The van der Waals surface area contributed by atoms with Gasteiger partial charge in [0.05, 0.1) is 11.3 Å². The van der Waals surface area contributed by atoms with Gasteiger partial charge in [-0.25, -0.2) is 0 Å². The Hall–Kier alpha value is -3.11. The van der Waals surface area contributed by atoms with Crippen LogP contribution in [0.4, 0.5) is 5.69 Å². The molecule has 1 heterocycles. The summed E-state index contributed by atoms with van der Waals surface area (Å²) in [5, 5.41) is 14.8. The van der Waals surface area contributed by atoms with Crippen LogP contribution in [0.5, 0.6) is 0 Å². The fraction of sp³-hybridized carbons (Fsp3) is 0.0625. The van der Waals surface area contributed by atoms with Crippen molar-refractivity contribution >= 4 is 52.2 Å². The Morgan fingerprint density at radius 3 is 2.54 bits per heavy atom. The molecular weight excluding hydrogens is 376 g/mol. The number of thiophene rings is 1. The van der Waals surface area contributed by atoms with E-state index in [0.29, 0.717) is 5.56 Å². The van der Waals surface area contributed by atoms with E-state index in [0.717, 1.165) is 4.88 Å². The van der Waals surface area contributed by atoms with Gasteiger partial charge >= 0.3 is 0 Å². The fourth-order valence-corrected chi connectivity index (χ4v) is 2.66. The van der Waals surface area contributed by atoms with Crippen LogP contribution in [0, 0.1) is 10.1 Å². The number of thiocarbonyl (C=S) groups is 1. The fourth-order valence-electron chi connectivity index (χ4n) is 1.81. The normalized spacial score (nSPS) is 10.3. The lowest BCUT2D eigenvalue weighted by atomic mass is 10.2. The van der Waals surface area contributed by atoms with E-state index in [1.54, 1.807) is 0 Å². The maximum absolute atomic E-state index is 11.8. The van der Waals surface area contributed by atoms with Gasteiger partial charge in [0.1, 0.15) is 0 Å². The zero-order chi connectivity index (χ0) is 18.9. The highest BCUT2D eigenvalue weighted by molar-refractivity contribution is 7.80. The second-order valence-electron chi connectivity index (χ2n) is 4.93. The van der Waals surface area contributed by atoms with Crippen molar-refractivity contribution in [2.75, 3.05) is 0 Å². The van der Waals surface area contributed by atoms with Crippen LogP contribution >= 0.6 is 23.6 Å². The number of rotatable bonds is 5. The highest BCUT2D eigenvalue weighted by atomic mass is 32.1. The summed E-state index contributed by atoms with van der Waals surface area (Å²) >= 11 is 6.37. The van der Waals surface area contributed by atoms with Crippen molar-refractivity contribution in [3.05, 3.63) is 68.4 Å². The summed E-state index contributed by atoms with van der Waals surface area (Å²) in [4.78, 5) is 34.4. The Kier molecular flexibility index (Phi) is 6.94. The summed E-state index contributed by atoms with van der Waals surface area (Å²) in [5.41, 5.74) is 5.42. The Bertz CT molecular complexity index is 832. The molecule has 0 spiro atoms. The lowest BCUT2D eigenvalue weighted by molar-refractivity contribution is -0.384. The quantitative estimate of drug-likeness (QED) is 0.311. The van der Waals surface area contributed by atoms with Crippen molar-refractivity contribution in [2.45, 2.75) is 6.42 Å². The van der Waals surface area contributed by atoms with Gasteiger partial charge < -0.3 is 0 Å². The molecule has 0 atom stereocenters. The molecule has 1 aromatic heterocycles. The Morgan fingerprint density at radius 1 is 1.19 bits per heavy atom. The lowest BCUT2D eigenvalue weighted by Crippen LogP contribution is -2.48. The number of hydrogen-bond donors (Lipinski definition) is 3. The average molecular weight is 390 g/mol. The number of nitro benzene ring substituents is 1. The van der Waals surface area contributed by atoms with Crippen molar-refractivity contribution in [1.29, 1.82) is 0 Å². The van der Waals surface area contributed by atoms with Crippen LogP contribution in [0.1, 0.15) is 10.4 Å². The zero-order valence-electron chi connectivity index (χ0n) is 13.3. The van der Waals surface area contributed by atoms with Gasteiger partial charge in [0.25, 0.3) is 5.69 Å². The molecule has 2 amide bonds. The Morgan fingerprint density at radius 2 is 1.92 bits per heavy atom. The summed E-state index contributed by atoms with van der Waals surface area (Å²) in [7, 11) is 0. The van der Waals surface area contributed by atoms with Crippen LogP contribution in [0.2, 0.25) is 0 Å². The standard InChI is InChI=1S/C16H14N4O4S2/c21-14(8-5-11-3-6-12(7-4-11)20(23)24)17-16(25)19-18-15(22)10-13-2-1-9-26-13/h1-9H,10H2,(H,18,22)(H2,17,19,21,25)/b8-5+. The third kappa shape index (κ3) is 6.42. The van der Waals surface area contributed by atoms with E-state index in [9.17, 15) is 19.7 Å². The molecule has 3 N–H and O–H groups in total. The third-order valence-corrected chi connectivity index (χ3v) is 4.08. The number of nitrogens with one attached hydrogen (secondary N) is 3. The van der Waals surface area contributed by atoms with Gasteiger partial charge in [-0.1, -0.05) is 6.07 Å². The van der Waals surface area contributed by atoms with E-state index in [4.69, 9.17) is 12.2 Å². The smallest absolute Gasteiger partial charge is 0.269 e. The molecule has 0 aliphatic carbocycles. The first kappa shape index (κ1) is 19.2. The predicted octanol–water partition coefficient (Wildman–Crippen LogP) is 1.93. The van der Waals surface area contributed by atoms with Gasteiger partial charge in [0.15, 0.2) is 5.11 Å². The van der Waals surface area contributed by atoms with Gasteiger partial charge in [0, 0.05) is 23.1 Å². The summed E-state index contributed by atoms with van der Waals surface area (Å²) in [6.07, 6.45) is 2.92. The van der Waals surface area contributed by atoms with E-state index in [1.165, 1.54) is 47.8 Å².